The highest BCUT2D eigenvalue weighted by molar-refractivity contribution is 5.96. The number of hydrogen-bond donors (Lipinski definition) is 0. The van der Waals surface area contributed by atoms with Crippen molar-refractivity contribution in [2.75, 3.05) is 45.2 Å². The highest BCUT2D eigenvalue weighted by Crippen LogP contribution is 2.14. The van der Waals surface area contributed by atoms with Gasteiger partial charge in [-0.15, -0.1) is 0 Å². The quantitative estimate of drug-likeness (QED) is 0.740. The maximum absolute atomic E-state index is 13.1. The Morgan fingerprint density at radius 2 is 1.83 bits per heavy atom. The molecule has 29 heavy (non-hydrogen) atoms. The van der Waals surface area contributed by atoms with E-state index in [0.29, 0.717) is 18.7 Å². The average Bonchev–Trinajstić information content (AvgIpc) is 2.71. The van der Waals surface area contributed by atoms with Gasteiger partial charge in [0.05, 0.1) is 5.56 Å². The Labute approximate surface area is 172 Å². The van der Waals surface area contributed by atoms with Crippen molar-refractivity contribution >= 4 is 17.6 Å². The Morgan fingerprint density at radius 1 is 1.03 bits per heavy atom. The number of carbonyl (C=O) groups excluding carboxylic acids is 2. The summed E-state index contributed by atoms with van der Waals surface area (Å²) in [4.78, 5) is 40.1. The Morgan fingerprint density at radius 3 is 2.62 bits per heavy atom. The fourth-order valence-electron chi connectivity index (χ4n) is 3.44. The van der Waals surface area contributed by atoms with Gasteiger partial charge in [0.25, 0.3) is 5.91 Å². The van der Waals surface area contributed by atoms with Crippen molar-refractivity contribution in [1.82, 2.24) is 19.8 Å². The largest absolute Gasteiger partial charge is 0.360 e. The minimum atomic E-state index is -0.156. The molecule has 7 nitrogen and oxygen atoms in total. The van der Waals surface area contributed by atoms with Crippen LogP contribution >= 0.6 is 0 Å². The lowest BCUT2D eigenvalue weighted by atomic mass is 10.1. The third-order valence-corrected chi connectivity index (χ3v) is 5.19. The zero-order valence-corrected chi connectivity index (χ0v) is 17.5. The number of amides is 2. The van der Waals surface area contributed by atoms with Crippen LogP contribution in [0.5, 0.6) is 0 Å². The van der Waals surface area contributed by atoms with Crippen LogP contribution in [0.1, 0.15) is 34.5 Å². The van der Waals surface area contributed by atoms with Crippen molar-refractivity contribution in [1.29, 1.82) is 0 Å². The molecule has 0 N–H and O–H groups in total. The summed E-state index contributed by atoms with van der Waals surface area (Å²) in [7, 11) is 3.82. The van der Waals surface area contributed by atoms with E-state index in [2.05, 4.69) is 9.88 Å². The lowest BCUT2D eigenvalue weighted by molar-refractivity contribution is -0.130. The SMILES string of the molecule is Cc1cncc(C(=O)N2CCCc3cccc(n3)N(C)CCCN(C)C(=O)C2)c1. The number of nitrogens with zero attached hydrogens (tertiary/aromatic N) is 5. The molecule has 3 heterocycles. The van der Waals surface area contributed by atoms with Gasteiger partial charge in [-0.3, -0.25) is 14.6 Å². The second kappa shape index (κ2) is 9.49. The molecule has 2 amide bonds. The molecule has 2 aromatic heterocycles. The predicted octanol–water partition coefficient (Wildman–Crippen LogP) is 2.16. The summed E-state index contributed by atoms with van der Waals surface area (Å²) < 4.78 is 0. The van der Waals surface area contributed by atoms with Crippen molar-refractivity contribution in [3.8, 4) is 0 Å². The highest BCUT2D eigenvalue weighted by atomic mass is 16.2. The van der Waals surface area contributed by atoms with Gasteiger partial charge in [0.1, 0.15) is 12.4 Å². The molecule has 0 atom stereocenters. The van der Waals surface area contributed by atoms with Crippen LogP contribution in [-0.4, -0.2) is 71.9 Å². The van der Waals surface area contributed by atoms with E-state index in [1.807, 2.05) is 38.2 Å². The summed E-state index contributed by atoms with van der Waals surface area (Å²) >= 11 is 0. The normalized spacial score (nSPS) is 16.5. The number of likely N-dealkylation sites (N-methyl/N-ethyl adjacent to an activating group) is 1. The molecular formula is C22H29N5O2. The third kappa shape index (κ3) is 5.53. The number of aromatic nitrogens is 2. The van der Waals surface area contributed by atoms with Gasteiger partial charge in [0.15, 0.2) is 0 Å². The summed E-state index contributed by atoms with van der Waals surface area (Å²) in [5.74, 6) is 0.735. The lowest BCUT2D eigenvalue weighted by Gasteiger charge is -2.27. The van der Waals surface area contributed by atoms with Crippen LogP contribution in [0.15, 0.2) is 36.7 Å². The van der Waals surface area contributed by atoms with Crippen LogP contribution < -0.4 is 4.90 Å². The topological polar surface area (TPSA) is 69.6 Å². The Bertz CT molecular complexity index is 870. The van der Waals surface area contributed by atoms with Crippen molar-refractivity contribution in [3.63, 3.8) is 0 Å². The molecule has 0 spiro atoms. The lowest BCUT2D eigenvalue weighted by Crippen LogP contribution is -2.43. The molecule has 2 bridgehead atoms. The first-order chi connectivity index (χ1) is 13.9. The van der Waals surface area contributed by atoms with Gasteiger partial charge in [-0.25, -0.2) is 4.98 Å². The first-order valence-electron chi connectivity index (χ1n) is 10.1. The highest BCUT2D eigenvalue weighted by Gasteiger charge is 2.21. The van der Waals surface area contributed by atoms with E-state index in [-0.39, 0.29) is 18.4 Å². The Balaban J connectivity index is 1.81. The summed E-state index contributed by atoms with van der Waals surface area (Å²) in [5.41, 5.74) is 2.44. The molecule has 1 aliphatic rings. The predicted molar refractivity (Wildman–Crippen MR) is 113 cm³/mol. The van der Waals surface area contributed by atoms with E-state index < -0.39 is 0 Å². The van der Waals surface area contributed by atoms with Crippen LogP contribution in [-0.2, 0) is 11.2 Å². The molecule has 0 radical (unpaired) electrons. The van der Waals surface area contributed by atoms with Gasteiger partial charge >= 0.3 is 0 Å². The molecule has 2 aromatic rings. The molecule has 0 saturated carbocycles. The molecule has 0 fully saturated rings. The third-order valence-electron chi connectivity index (χ3n) is 5.19. The van der Waals surface area contributed by atoms with E-state index in [0.717, 1.165) is 42.9 Å². The van der Waals surface area contributed by atoms with E-state index in [1.165, 1.54) is 0 Å². The first-order valence-corrected chi connectivity index (χ1v) is 10.1. The number of hydrogen-bond acceptors (Lipinski definition) is 5. The molecule has 7 heteroatoms. The fraction of sp³-hybridized carbons (Fsp3) is 0.455. The molecule has 0 aromatic carbocycles. The van der Waals surface area contributed by atoms with E-state index in [9.17, 15) is 9.59 Å². The minimum Gasteiger partial charge on any atom is -0.360 e. The number of anilines is 1. The van der Waals surface area contributed by atoms with Gasteiger partial charge in [-0.2, -0.15) is 0 Å². The van der Waals surface area contributed by atoms with E-state index >= 15 is 0 Å². The number of fused-ring (bicyclic) bond motifs is 2. The van der Waals surface area contributed by atoms with E-state index in [4.69, 9.17) is 4.98 Å². The van der Waals surface area contributed by atoms with Crippen LogP contribution in [0.25, 0.3) is 0 Å². The molecule has 1 aliphatic heterocycles. The van der Waals surface area contributed by atoms with Gasteiger partial charge in [-0.1, -0.05) is 6.07 Å². The summed E-state index contributed by atoms with van der Waals surface area (Å²) in [6, 6.07) is 7.86. The summed E-state index contributed by atoms with van der Waals surface area (Å²) in [6.45, 7) is 3.92. The average molecular weight is 396 g/mol. The summed E-state index contributed by atoms with van der Waals surface area (Å²) in [6.07, 6.45) is 5.61. The van der Waals surface area contributed by atoms with Crippen molar-refractivity contribution in [2.24, 2.45) is 0 Å². The number of carbonyl (C=O) groups is 2. The Hall–Kier alpha value is -2.96. The molecule has 0 aliphatic carbocycles. The molecule has 154 valence electrons. The van der Waals surface area contributed by atoms with Crippen LogP contribution in [0.3, 0.4) is 0 Å². The van der Waals surface area contributed by atoms with Gasteiger partial charge in [0, 0.05) is 51.8 Å². The van der Waals surface area contributed by atoms with Crippen molar-refractivity contribution in [2.45, 2.75) is 26.2 Å². The van der Waals surface area contributed by atoms with Crippen molar-refractivity contribution < 1.29 is 9.59 Å². The maximum atomic E-state index is 13.1. The minimum absolute atomic E-state index is 0.0460. The van der Waals surface area contributed by atoms with Crippen LogP contribution in [0.4, 0.5) is 5.82 Å². The summed E-state index contributed by atoms with van der Waals surface area (Å²) in [5, 5.41) is 0. The molecule has 0 unspecified atom stereocenters. The Kier molecular flexibility index (Phi) is 6.80. The maximum Gasteiger partial charge on any atom is 0.255 e. The van der Waals surface area contributed by atoms with E-state index in [1.54, 1.807) is 29.2 Å². The first kappa shape index (κ1) is 20.8. The second-order valence-corrected chi connectivity index (χ2v) is 7.66. The standard InChI is InChI=1S/C22H29N5O2/c1-17-13-18(15-23-14-17)22(29)27-12-5-8-19-7-4-9-20(24-19)25(2)10-6-11-26(3)21(28)16-27/h4,7,9,13-15H,5-6,8,10-12,16H2,1-3H3. The monoisotopic (exact) mass is 395 g/mol. The second-order valence-electron chi connectivity index (χ2n) is 7.66. The zero-order chi connectivity index (χ0) is 20.8. The van der Waals surface area contributed by atoms with Crippen LogP contribution in [0, 0.1) is 6.92 Å². The number of pyridine rings is 2. The van der Waals surface area contributed by atoms with Gasteiger partial charge in [-0.05, 0) is 49.9 Å². The molecule has 3 rings (SSSR count). The molecule has 0 saturated heterocycles. The van der Waals surface area contributed by atoms with Crippen LogP contribution in [0.2, 0.25) is 0 Å². The van der Waals surface area contributed by atoms with Gasteiger partial charge in [0.2, 0.25) is 5.91 Å². The van der Waals surface area contributed by atoms with Crippen molar-refractivity contribution in [3.05, 3.63) is 53.5 Å². The number of rotatable bonds is 1. The number of aryl methyl sites for hydroxylation is 2. The molecular weight excluding hydrogens is 366 g/mol. The zero-order valence-electron chi connectivity index (χ0n) is 17.5. The fourth-order valence-corrected chi connectivity index (χ4v) is 3.44. The van der Waals surface area contributed by atoms with Gasteiger partial charge < -0.3 is 14.7 Å². The smallest absolute Gasteiger partial charge is 0.255 e.